The van der Waals surface area contributed by atoms with Gasteiger partial charge in [0.15, 0.2) is 0 Å². The molecule has 0 heterocycles. The first-order chi connectivity index (χ1) is 19.6. The molecular formula is C38H56Cl2SiTi-2. The second kappa shape index (κ2) is 18.9. The summed E-state index contributed by atoms with van der Waals surface area (Å²) < 4.78 is 0. The number of fused-ring (bicyclic) bond motifs is 2. The van der Waals surface area contributed by atoms with Crippen molar-refractivity contribution >= 4 is 49.7 Å². The van der Waals surface area contributed by atoms with Gasteiger partial charge in [0.25, 0.3) is 0 Å². The van der Waals surface area contributed by atoms with E-state index < -0.39 is 17.0 Å². The molecule has 0 saturated carbocycles. The van der Waals surface area contributed by atoms with Gasteiger partial charge in [-0.3, -0.25) is 0 Å². The molecule has 0 atom stereocenters. The van der Waals surface area contributed by atoms with Crippen LogP contribution in [0.4, 0.5) is 0 Å². The van der Waals surface area contributed by atoms with Crippen molar-refractivity contribution in [2.24, 2.45) is 0 Å². The fourth-order valence-corrected chi connectivity index (χ4v) is 5.08. The number of hydrogen-bond acceptors (Lipinski definition) is 0. The first-order valence-electron chi connectivity index (χ1n) is 15.7. The van der Waals surface area contributed by atoms with E-state index in [1.165, 1.54) is 54.9 Å². The molecule has 0 saturated heterocycles. The molecule has 0 aliphatic heterocycles. The van der Waals surface area contributed by atoms with Crippen LogP contribution in [0.5, 0.6) is 0 Å². The first kappa shape index (κ1) is 39.2. The molecule has 2 radical (unpaired) electrons. The van der Waals surface area contributed by atoms with Crippen LogP contribution in [0.15, 0.2) is 48.5 Å². The summed E-state index contributed by atoms with van der Waals surface area (Å²) in [4.78, 5) is 0. The predicted octanol–water partition coefficient (Wildman–Crippen LogP) is 14.0. The summed E-state index contributed by atoms with van der Waals surface area (Å²) in [7, 11) is 10.9. The molecule has 4 aromatic carbocycles. The third kappa shape index (κ3) is 11.3. The van der Waals surface area contributed by atoms with Crippen LogP contribution in [-0.2, 0) is 17.0 Å². The first-order valence-corrected chi connectivity index (χ1v) is 22.0. The molecular weight excluding hydrogens is 603 g/mol. The van der Waals surface area contributed by atoms with Crippen LogP contribution in [0.1, 0.15) is 152 Å². The SMILES string of the molecule is CC(C)c1cc(C(C)C)c2cc(C(C)C)[cH-]c2c1.CC(C)c1cc(C(C)C)c2cc(C(C)C)[cH-]c2c1.C[Si]C.[Cl][Ti][Cl]. The number of benzene rings is 2. The van der Waals surface area contributed by atoms with Crippen LogP contribution < -0.4 is 0 Å². The van der Waals surface area contributed by atoms with E-state index in [1.54, 1.807) is 0 Å². The molecule has 0 N–H and O–H groups in total. The Labute approximate surface area is 278 Å². The Morgan fingerprint density at radius 1 is 0.500 bits per heavy atom. The summed E-state index contributed by atoms with van der Waals surface area (Å²) in [6.07, 6.45) is 0. The van der Waals surface area contributed by atoms with Crippen molar-refractivity contribution in [3.8, 4) is 0 Å². The molecule has 0 aromatic heterocycles. The van der Waals surface area contributed by atoms with Gasteiger partial charge in [0.1, 0.15) is 0 Å². The third-order valence-electron chi connectivity index (χ3n) is 7.71. The van der Waals surface area contributed by atoms with Crippen molar-refractivity contribution < 1.29 is 17.0 Å². The van der Waals surface area contributed by atoms with Gasteiger partial charge in [0.05, 0.1) is 0 Å². The van der Waals surface area contributed by atoms with E-state index in [9.17, 15) is 0 Å². The van der Waals surface area contributed by atoms with E-state index in [1.807, 2.05) is 0 Å². The molecule has 0 nitrogen and oxygen atoms in total. The Balaban J connectivity index is 0.000000354. The average molecular weight is 660 g/mol. The Bertz CT molecular complexity index is 1230. The summed E-state index contributed by atoms with van der Waals surface area (Å²) in [6.45, 7) is 31.7. The van der Waals surface area contributed by atoms with Gasteiger partial charge in [0, 0.05) is 9.52 Å². The second-order valence-electron chi connectivity index (χ2n) is 13.3. The van der Waals surface area contributed by atoms with E-state index in [0.717, 1.165) is 9.52 Å². The van der Waals surface area contributed by atoms with Gasteiger partial charge in [-0.25, -0.2) is 0 Å². The van der Waals surface area contributed by atoms with Crippen LogP contribution in [-0.4, -0.2) is 9.52 Å². The molecule has 4 rings (SSSR count). The number of rotatable bonds is 6. The molecule has 0 amide bonds. The van der Waals surface area contributed by atoms with Crippen LogP contribution >= 0.6 is 18.6 Å². The van der Waals surface area contributed by atoms with Gasteiger partial charge in [-0.05, 0) is 35.5 Å². The normalized spacial score (nSPS) is 11.3. The van der Waals surface area contributed by atoms with Gasteiger partial charge in [-0.15, -0.1) is 56.9 Å². The zero-order valence-corrected chi connectivity index (χ0v) is 32.9. The average Bonchev–Trinajstić information content (AvgIpc) is 3.53. The summed E-state index contributed by atoms with van der Waals surface area (Å²) in [5.74, 6) is 3.61. The van der Waals surface area contributed by atoms with Gasteiger partial charge in [-0.1, -0.05) is 131 Å². The molecule has 4 aromatic rings. The van der Waals surface area contributed by atoms with Crippen molar-refractivity contribution in [1.29, 1.82) is 0 Å². The molecule has 4 heteroatoms. The Morgan fingerprint density at radius 2 is 0.786 bits per heavy atom. The molecule has 232 valence electrons. The fourth-order valence-electron chi connectivity index (χ4n) is 5.08. The minimum absolute atomic E-state index is 0.556. The third-order valence-corrected chi connectivity index (χ3v) is 7.71. The van der Waals surface area contributed by atoms with Gasteiger partial charge in [0.2, 0.25) is 0 Å². The van der Waals surface area contributed by atoms with E-state index in [-0.39, 0.29) is 0 Å². The van der Waals surface area contributed by atoms with E-state index >= 15 is 0 Å². The Morgan fingerprint density at radius 3 is 1.00 bits per heavy atom. The van der Waals surface area contributed by atoms with Gasteiger partial charge < -0.3 is 0 Å². The molecule has 42 heavy (non-hydrogen) atoms. The van der Waals surface area contributed by atoms with Gasteiger partial charge >= 0.3 is 35.6 Å². The molecule has 0 fully saturated rings. The summed E-state index contributed by atoms with van der Waals surface area (Å²) in [5.41, 5.74) is 8.87. The summed E-state index contributed by atoms with van der Waals surface area (Å²) >= 11 is -0.556. The topological polar surface area (TPSA) is 0 Å². The van der Waals surface area contributed by atoms with Crippen LogP contribution in [0.2, 0.25) is 13.1 Å². The van der Waals surface area contributed by atoms with Crippen molar-refractivity contribution in [2.45, 2.75) is 132 Å². The quantitative estimate of drug-likeness (QED) is 0.143. The fraction of sp³-hybridized carbons (Fsp3) is 0.526. The van der Waals surface area contributed by atoms with Crippen molar-refractivity contribution in [3.05, 3.63) is 81.9 Å². The van der Waals surface area contributed by atoms with Crippen molar-refractivity contribution in [1.82, 2.24) is 0 Å². The maximum absolute atomic E-state index is 4.89. The zero-order valence-electron chi connectivity index (χ0n) is 28.8. The maximum atomic E-state index is 4.89. The van der Waals surface area contributed by atoms with Gasteiger partial charge in [-0.2, -0.15) is 12.1 Å². The zero-order chi connectivity index (χ0) is 32.3. The second-order valence-corrected chi connectivity index (χ2v) is 16.9. The van der Waals surface area contributed by atoms with Crippen molar-refractivity contribution in [2.75, 3.05) is 0 Å². The van der Waals surface area contributed by atoms with E-state index in [4.69, 9.17) is 18.6 Å². The number of hydrogen-bond donors (Lipinski definition) is 0. The molecule has 0 aliphatic rings. The number of halogens is 2. The van der Waals surface area contributed by atoms with Crippen molar-refractivity contribution in [3.63, 3.8) is 0 Å². The molecule has 0 unspecified atom stereocenters. The minimum atomic E-state index is -0.556. The predicted molar refractivity (Wildman–Crippen MR) is 193 cm³/mol. The molecule has 0 bridgehead atoms. The monoisotopic (exact) mass is 658 g/mol. The van der Waals surface area contributed by atoms with E-state index in [2.05, 4.69) is 145 Å². The van der Waals surface area contributed by atoms with Crippen LogP contribution in [0, 0.1) is 0 Å². The van der Waals surface area contributed by atoms with Crippen LogP contribution in [0.25, 0.3) is 21.5 Å². The summed E-state index contributed by atoms with van der Waals surface area (Å²) in [6, 6.07) is 19.1. The van der Waals surface area contributed by atoms with E-state index in [0.29, 0.717) is 35.5 Å². The molecule has 0 aliphatic carbocycles. The molecule has 0 spiro atoms. The Hall–Kier alpha value is -0.829. The standard InChI is InChI=1S/2C18H25.C2H6Si.2ClH.Ti/c2*1-11(2)14-7-16-8-15(12(3)4)10-18(16)17(9-14)13(5)6;1-3-2;;;/h2*7-13H,1-6H3;1-2H3;2*1H;/q2*-1;;;;+2/p-2. The summed E-state index contributed by atoms with van der Waals surface area (Å²) in [5, 5.41) is 5.76. The Kier molecular flexibility index (Phi) is 17.6. The van der Waals surface area contributed by atoms with Crippen LogP contribution in [0.3, 0.4) is 0 Å².